The average Bonchev–Trinajstić information content (AvgIpc) is 2.62. The van der Waals surface area contributed by atoms with E-state index in [0.717, 1.165) is 49.7 Å². The van der Waals surface area contributed by atoms with Crippen LogP contribution in [-0.2, 0) is 11.2 Å². The van der Waals surface area contributed by atoms with E-state index in [0.29, 0.717) is 5.95 Å². The van der Waals surface area contributed by atoms with Gasteiger partial charge in [-0.3, -0.25) is 0 Å². The molecule has 0 amide bonds. The van der Waals surface area contributed by atoms with E-state index >= 15 is 0 Å². The first kappa shape index (κ1) is 16.4. The topological polar surface area (TPSA) is 62.6 Å². The lowest BCUT2D eigenvalue weighted by molar-refractivity contribution is 0.122. The van der Waals surface area contributed by atoms with Gasteiger partial charge in [0.2, 0.25) is 5.95 Å². The number of ether oxygens (including phenoxy) is 1. The second-order valence-corrected chi connectivity index (χ2v) is 5.78. The largest absolute Gasteiger partial charge is 0.378 e. The van der Waals surface area contributed by atoms with Gasteiger partial charge < -0.3 is 9.64 Å². The molecule has 1 aliphatic rings. The van der Waals surface area contributed by atoms with Crippen LogP contribution in [0.3, 0.4) is 0 Å². The SMILES string of the molecule is CCc1cnc(N/N=C/c2cccc(C)c2)nc1N1CCOCC1. The van der Waals surface area contributed by atoms with E-state index in [1.807, 2.05) is 18.3 Å². The second-order valence-electron chi connectivity index (χ2n) is 5.78. The van der Waals surface area contributed by atoms with Crippen molar-refractivity contribution < 1.29 is 4.74 Å². The number of hydrogen-bond acceptors (Lipinski definition) is 6. The van der Waals surface area contributed by atoms with Gasteiger partial charge in [-0.15, -0.1) is 0 Å². The Morgan fingerprint density at radius 2 is 2.17 bits per heavy atom. The maximum atomic E-state index is 5.42. The van der Waals surface area contributed by atoms with Crippen molar-refractivity contribution in [3.63, 3.8) is 0 Å². The Kier molecular flexibility index (Phi) is 5.38. The van der Waals surface area contributed by atoms with Gasteiger partial charge in [-0.05, 0) is 18.9 Å². The Bertz CT molecular complexity index is 710. The first-order valence-electron chi connectivity index (χ1n) is 8.30. The van der Waals surface area contributed by atoms with Gasteiger partial charge in [0.1, 0.15) is 5.82 Å². The molecule has 1 fully saturated rings. The normalized spacial score (nSPS) is 15.0. The van der Waals surface area contributed by atoms with Gasteiger partial charge in [-0.2, -0.15) is 10.1 Å². The lowest BCUT2D eigenvalue weighted by Crippen LogP contribution is -2.37. The van der Waals surface area contributed by atoms with E-state index in [1.165, 1.54) is 5.56 Å². The van der Waals surface area contributed by atoms with Crippen molar-refractivity contribution in [2.45, 2.75) is 20.3 Å². The van der Waals surface area contributed by atoms with Crippen molar-refractivity contribution in [1.82, 2.24) is 9.97 Å². The molecule has 24 heavy (non-hydrogen) atoms. The monoisotopic (exact) mass is 325 g/mol. The number of nitrogens with one attached hydrogen (secondary N) is 1. The molecular weight excluding hydrogens is 302 g/mol. The molecule has 1 saturated heterocycles. The third-order valence-electron chi connectivity index (χ3n) is 3.95. The second kappa shape index (κ2) is 7.88. The maximum Gasteiger partial charge on any atom is 0.245 e. The molecule has 6 nitrogen and oxygen atoms in total. The summed E-state index contributed by atoms with van der Waals surface area (Å²) in [6, 6.07) is 8.16. The number of hydrogen-bond donors (Lipinski definition) is 1. The number of aromatic nitrogens is 2. The minimum Gasteiger partial charge on any atom is -0.378 e. The first-order valence-corrected chi connectivity index (χ1v) is 8.30. The number of aryl methyl sites for hydroxylation is 2. The Labute approximate surface area is 142 Å². The zero-order chi connectivity index (χ0) is 16.8. The third-order valence-corrected chi connectivity index (χ3v) is 3.95. The Morgan fingerprint density at radius 1 is 1.33 bits per heavy atom. The fraction of sp³-hybridized carbons (Fsp3) is 0.389. The average molecular weight is 325 g/mol. The van der Waals surface area contributed by atoms with Crippen LogP contribution in [0.15, 0.2) is 35.6 Å². The highest BCUT2D eigenvalue weighted by atomic mass is 16.5. The van der Waals surface area contributed by atoms with Crippen molar-refractivity contribution in [3.05, 3.63) is 47.2 Å². The fourth-order valence-electron chi connectivity index (χ4n) is 2.66. The number of nitrogens with zero attached hydrogens (tertiary/aromatic N) is 4. The number of rotatable bonds is 5. The molecule has 1 aliphatic heterocycles. The quantitative estimate of drug-likeness (QED) is 0.676. The van der Waals surface area contributed by atoms with E-state index in [9.17, 15) is 0 Å². The maximum absolute atomic E-state index is 5.42. The molecule has 2 heterocycles. The molecule has 0 radical (unpaired) electrons. The molecule has 0 aliphatic carbocycles. The molecule has 0 saturated carbocycles. The van der Waals surface area contributed by atoms with Crippen LogP contribution in [0.2, 0.25) is 0 Å². The van der Waals surface area contributed by atoms with Crippen molar-refractivity contribution >= 4 is 18.0 Å². The van der Waals surface area contributed by atoms with E-state index in [2.05, 4.69) is 51.4 Å². The predicted molar refractivity (Wildman–Crippen MR) is 96.8 cm³/mol. The van der Waals surface area contributed by atoms with Crippen LogP contribution in [-0.4, -0.2) is 42.5 Å². The van der Waals surface area contributed by atoms with Gasteiger partial charge in [-0.1, -0.05) is 36.8 Å². The van der Waals surface area contributed by atoms with E-state index in [-0.39, 0.29) is 0 Å². The zero-order valence-corrected chi connectivity index (χ0v) is 14.2. The zero-order valence-electron chi connectivity index (χ0n) is 14.2. The summed E-state index contributed by atoms with van der Waals surface area (Å²) >= 11 is 0. The van der Waals surface area contributed by atoms with Gasteiger partial charge in [-0.25, -0.2) is 10.4 Å². The summed E-state index contributed by atoms with van der Waals surface area (Å²) in [5, 5.41) is 4.25. The highest BCUT2D eigenvalue weighted by Crippen LogP contribution is 2.20. The Morgan fingerprint density at radius 3 is 2.92 bits per heavy atom. The first-order chi connectivity index (χ1) is 11.8. The molecule has 0 atom stereocenters. The van der Waals surface area contributed by atoms with Crippen molar-refractivity contribution in [3.8, 4) is 0 Å². The van der Waals surface area contributed by atoms with Crippen LogP contribution in [0, 0.1) is 6.92 Å². The predicted octanol–water partition coefficient (Wildman–Crippen LogP) is 2.63. The van der Waals surface area contributed by atoms with E-state index in [4.69, 9.17) is 4.74 Å². The molecular formula is C18H23N5O. The van der Waals surface area contributed by atoms with E-state index in [1.54, 1.807) is 6.21 Å². The summed E-state index contributed by atoms with van der Waals surface area (Å²) in [5.74, 6) is 1.49. The van der Waals surface area contributed by atoms with Gasteiger partial charge in [0.25, 0.3) is 0 Å². The molecule has 1 aromatic carbocycles. The molecule has 2 aromatic rings. The summed E-state index contributed by atoms with van der Waals surface area (Å²) in [6.07, 6.45) is 4.56. The molecule has 3 rings (SSSR count). The number of morpholine rings is 1. The lowest BCUT2D eigenvalue weighted by atomic mass is 10.2. The minimum atomic E-state index is 0.512. The smallest absolute Gasteiger partial charge is 0.245 e. The summed E-state index contributed by atoms with van der Waals surface area (Å²) < 4.78 is 5.42. The molecule has 0 bridgehead atoms. The number of anilines is 2. The van der Waals surface area contributed by atoms with Gasteiger partial charge in [0.15, 0.2) is 0 Å². The molecule has 1 N–H and O–H groups in total. The summed E-state index contributed by atoms with van der Waals surface area (Å²) in [6.45, 7) is 7.37. The standard InChI is InChI=1S/C18H23N5O/c1-3-16-13-19-18(21-17(16)23-7-9-24-10-8-23)22-20-12-15-6-4-5-14(2)11-15/h4-6,11-13H,3,7-10H2,1-2H3,(H,19,21,22)/b20-12+. The Hall–Kier alpha value is -2.47. The van der Waals surface area contributed by atoms with Crippen molar-refractivity contribution in [1.29, 1.82) is 0 Å². The molecule has 0 unspecified atom stereocenters. The van der Waals surface area contributed by atoms with Crippen LogP contribution in [0.5, 0.6) is 0 Å². The van der Waals surface area contributed by atoms with Gasteiger partial charge >= 0.3 is 0 Å². The van der Waals surface area contributed by atoms with Crippen molar-refractivity contribution in [2.75, 3.05) is 36.6 Å². The van der Waals surface area contributed by atoms with E-state index < -0.39 is 0 Å². The molecule has 0 spiro atoms. The number of hydrazone groups is 1. The molecule has 1 aromatic heterocycles. The summed E-state index contributed by atoms with van der Waals surface area (Å²) in [7, 11) is 0. The summed E-state index contributed by atoms with van der Waals surface area (Å²) in [4.78, 5) is 11.3. The van der Waals surface area contributed by atoms with Crippen LogP contribution in [0.25, 0.3) is 0 Å². The lowest BCUT2D eigenvalue weighted by Gasteiger charge is -2.29. The van der Waals surface area contributed by atoms with Gasteiger partial charge in [0, 0.05) is 24.8 Å². The van der Waals surface area contributed by atoms with Crippen LogP contribution >= 0.6 is 0 Å². The Balaban J connectivity index is 1.73. The highest BCUT2D eigenvalue weighted by molar-refractivity contribution is 5.80. The van der Waals surface area contributed by atoms with Crippen LogP contribution < -0.4 is 10.3 Å². The van der Waals surface area contributed by atoms with Gasteiger partial charge in [0.05, 0.1) is 19.4 Å². The third kappa shape index (κ3) is 4.08. The fourth-order valence-corrected chi connectivity index (χ4v) is 2.66. The van der Waals surface area contributed by atoms with Crippen LogP contribution in [0.1, 0.15) is 23.6 Å². The molecule has 6 heteroatoms. The van der Waals surface area contributed by atoms with Crippen molar-refractivity contribution in [2.24, 2.45) is 5.10 Å². The minimum absolute atomic E-state index is 0.512. The molecule has 126 valence electrons. The number of benzene rings is 1. The highest BCUT2D eigenvalue weighted by Gasteiger charge is 2.16. The van der Waals surface area contributed by atoms with Crippen LogP contribution in [0.4, 0.5) is 11.8 Å². The summed E-state index contributed by atoms with van der Waals surface area (Å²) in [5.41, 5.74) is 6.32.